The number of hydrogen-bond acceptors (Lipinski definition) is 6. The number of carbonyl (C=O) groups is 1. The second-order valence-electron chi connectivity index (χ2n) is 10.6. The smallest absolute Gasteiger partial charge is 0.248 e. The van der Waals surface area contributed by atoms with Crippen molar-refractivity contribution in [3.8, 4) is 0 Å². The van der Waals surface area contributed by atoms with E-state index < -0.39 is 10.0 Å². The molecule has 1 amide bonds. The molecule has 0 aromatic heterocycles. The Balaban J connectivity index is 1.25. The van der Waals surface area contributed by atoms with Crippen molar-refractivity contribution in [2.45, 2.75) is 36.2 Å². The number of benzene rings is 3. The Morgan fingerprint density at radius 3 is 2.50 bits per heavy atom. The molecule has 3 aromatic rings. The number of hydrogen-bond donors (Lipinski definition) is 0. The maximum absolute atomic E-state index is 13.8. The molecule has 5 rings (SSSR count). The molecule has 40 heavy (non-hydrogen) atoms. The topological polar surface area (TPSA) is 79.4 Å². The van der Waals surface area contributed by atoms with Gasteiger partial charge in [-0.3, -0.25) is 9.69 Å². The minimum absolute atomic E-state index is 0.0956. The number of fused-ring (bicyclic) bond motifs is 1. The minimum Gasteiger partial charge on any atom is -0.379 e. The lowest BCUT2D eigenvalue weighted by atomic mass is 10.0. The predicted molar refractivity (Wildman–Crippen MR) is 156 cm³/mol. The summed E-state index contributed by atoms with van der Waals surface area (Å²) < 4.78 is 40.7. The summed E-state index contributed by atoms with van der Waals surface area (Å²) in [5, 5.41) is 1.62. The fraction of sp³-hybridized carbons (Fsp3) is 0.452. The molecule has 2 heterocycles. The highest BCUT2D eigenvalue weighted by Crippen LogP contribution is 2.30. The summed E-state index contributed by atoms with van der Waals surface area (Å²) in [5.41, 5.74) is 1.07. The van der Waals surface area contributed by atoms with Crippen molar-refractivity contribution in [1.29, 1.82) is 0 Å². The van der Waals surface area contributed by atoms with Gasteiger partial charge in [0.05, 0.1) is 30.8 Å². The van der Waals surface area contributed by atoms with E-state index in [1.807, 2.05) is 67.7 Å². The van der Waals surface area contributed by atoms with Gasteiger partial charge in [0, 0.05) is 44.7 Å². The van der Waals surface area contributed by atoms with Crippen molar-refractivity contribution in [2.75, 3.05) is 59.7 Å². The second kappa shape index (κ2) is 13.2. The largest absolute Gasteiger partial charge is 0.379 e. The van der Waals surface area contributed by atoms with Crippen molar-refractivity contribution >= 4 is 26.7 Å². The van der Waals surface area contributed by atoms with E-state index in [1.54, 1.807) is 21.3 Å². The highest BCUT2D eigenvalue weighted by molar-refractivity contribution is 7.89. The zero-order chi connectivity index (χ0) is 28.0. The zero-order valence-electron chi connectivity index (χ0n) is 23.2. The summed E-state index contributed by atoms with van der Waals surface area (Å²) in [6.45, 7) is 4.32. The molecule has 8 nitrogen and oxygen atoms in total. The lowest BCUT2D eigenvalue weighted by Crippen LogP contribution is -2.47. The number of amides is 1. The average Bonchev–Trinajstić information content (AvgIpc) is 3.00. The lowest BCUT2D eigenvalue weighted by Gasteiger charge is -2.36. The van der Waals surface area contributed by atoms with Crippen LogP contribution in [0.4, 0.5) is 0 Å². The van der Waals surface area contributed by atoms with Crippen LogP contribution in [0, 0.1) is 0 Å². The van der Waals surface area contributed by atoms with E-state index in [9.17, 15) is 13.2 Å². The van der Waals surface area contributed by atoms with Crippen LogP contribution in [0.3, 0.4) is 0 Å². The number of likely N-dealkylation sites (N-methyl/N-ethyl adjacent to an activating group) is 1. The predicted octanol–water partition coefficient (Wildman–Crippen LogP) is 3.93. The third-order valence-electron chi connectivity index (χ3n) is 8.03. The molecule has 3 aromatic carbocycles. The summed E-state index contributed by atoms with van der Waals surface area (Å²) >= 11 is 0. The highest BCUT2D eigenvalue weighted by atomic mass is 32.2. The van der Waals surface area contributed by atoms with Crippen molar-refractivity contribution < 1.29 is 22.7 Å². The van der Waals surface area contributed by atoms with Gasteiger partial charge in [-0.05, 0) is 29.9 Å². The van der Waals surface area contributed by atoms with Crippen LogP contribution in [0.1, 0.15) is 30.9 Å². The van der Waals surface area contributed by atoms with Gasteiger partial charge in [-0.25, -0.2) is 8.42 Å². The van der Waals surface area contributed by atoms with Crippen molar-refractivity contribution in [1.82, 2.24) is 14.1 Å². The van der Waals surface area contributed by atoms with Crippen LogP contribution in [0.5, 0.6) is 0 Å². The zero-order valence-corrected chi connectivity index (χ0v) is 24.0. The molecule has 214 valence electrons. The first-order valence-electron chi connectivity index (χ1n) is 14.1. The van der Waals surface area contributed by atoms with E-state index in [4.69, 9.17) is 9.47 Å². The quantitative estimate of drug-likeness (QED) is 0.371. The van der Waals surface area contributed by atoms with Gasteiger partial charge in [0.15, 0.2) is 0 Å². The lowest BCUT2D eigenvalue weighted by molar-refractivity contribution is -0.138. The van der Waals surface area contributed by atoms with Gasteiger partial charge >= 0.3 is 0 Å². The van der Waals surface area contributed by atoms with E-state index in [2.05, 4.69) is 4.90 Å². The van der Waals surface area contributed by atoms with E-state index in [1.165, 1.54) is 0 Å². The van der Waals surface area contributed by atoms with Crippen LogP contribution in [-0.2, 0) is 24.3 Å². The first-order chi connectivity index (χ1) is 19.4. The van der Waals surface area contributed by atoms with Crippen molar-refractivity contribution in [2.24, 2.45) is 0 Å². The average molecular weight is 566 g/mol. The number of morpholine rings is 1. The van der Waals surface area contributed by atoms with E-state index in [0.717, 1.165) is 48.8 Å². The van der Waals surface area contributed by atoms with Crippen LogP contribution in [0.15, 0.2) is 77.7 Å². The fourth-order valence-electron chi connectivity index (χ4n) is 5.72. The standard InChI is InChI=1S/C31H39N3O5S/c1-32(29(26-11-3-2-4-12-26)22-33-18-20-38-21-19-33)31(35)24-39-23-27-14-7-8-17-34(27)40(36,37)30-16-9-13-25-10-5-6-15-28(25)30/h2-6,9-13,15-16,27,29H,7-8,14,17-24H2,1H3. The molecule has 0 spiro atoms. The molecule has 0 saturated carbocycles. The van der Waals surface area contributed by atoms with Gasteiger partial charge in [0.25, 0.3) is 0 Å². The molecule has 2 unspecified atom stereocenters. The molecule has 0 N–H and O–H groups in total. The van der Waals surface area contributed by atoms with Gasteiger partial charge in [-0.15, -0.1) is 0 Å². The van der Waals surface area contributed by atoms with Gasteiger partial charge < -0.3 is 14.4 Å². The van der Waals surface area contributed by atoms with E-state index >= 15 is 0 Å². The minimum atomic E-state index is -3.73. The van der Waals surface area contributed by atoms with Crippen molar-refractivity contribution in [3.63, 3.8) is 0 Å². The highest BCUT2D eigenvalue weighted by Gasteiger charge is 2.35. The number of ether oxygens (including phenoxy) is 2. The Morgan fingerprint density at radius 2 is 1.70 bits per heavy atom. The maximum atomic E-state index is 13.8. The number of nitrogens with zero attached hydrogens (tertiary/aromatic N) is 3. The van der Waals surface area contributed by atoms with E-state index in [0.29, 0.717) is 31.1 Å². The molecule has 2 fully saturated rings. The Bertz CT molecular complexity index is 1370. The number of carbonyl (C=O) groups excluding carboxylic acids is 1. The van der Waals surface area contributed by atoms with Gasteiger partial charge in [0.1, 0.15) is 6.61 Å². The molecule has 0 aliphatic carbocycles. The number of rotatable bonds is 10. The Labute approximate surface area is 237 Å². The molecule has 2 atom stereocenters. The normalized spacial score (nSPS) is 19.9. The molecular formula is C31H39N3O5S. The molecule has 2 aliphatic rings. The maximum Gasteiger partial charge on any atom is 0.248 e. The third kappa shape index (κ3) is 6.56. The second-order valence-corrected chi connectivity index (χ2v) is 12.5. The SMILES string of the molecule is CN(C(=O)COCC1CCCCN1S(=O)(=O)c1cccc2ccccc12)C(CN1CCOCC1)c1ccccc1. The molecule has 0 bridgehead atoms. The summed E-state index contributed by atoms with van der Waals surface area (Å²) in [4.78, 5) is 17.7. The first-order valence-corrected chi connectivity index (χ1v) is 15.6. The first kappa shape index (κ1) is 28.7. The molecule has 2 saturated heterocycles. The number of sulfonamides is 1. The van der Waals surface area contributed by atoms with Crippen LogP contribution in [0.25, 0.3) is 10.8 Å². The number of piperidine rings is 1. The van der Waals surface area contributed by atoms with E-state index in [-0.39, 0.29) is 31.2 Å². The molecular weight excluding hydrogens is 526 g/mol. The molecule has 0 radical (unpaired) electrons. The molecule has 2 aliphatic heterocycles. The van der Waals surface area contributed by atoms with Crippen LogP contribution in [0.2, 0.25) is 0 Å². The Hall–Kier alpha value is -2.82. The van der Waals surface area contributed by atoms with Crippen LogP contribution in [-0.4, -0.2) is 94.1 Å². The van der Waals surface area contributed by atoms with Gasteiger partial charge in [-0.1, -0.05) is 73.2 Å². The Kier molecular flexibility index (Phi) is 9.49. The third-order valence-corrected chi connectivity index (χ3v) is 10.0. The monoisotopic (exact) mass is 565 g/mol. The summed E-state index contributed by atoms with van der Waals surface area (Å²) in [7, 11) is -1.91. The summed E-state index contributed by atoms with van der Waals surface area (Å²) in [5.74, 6) is -0.124. The summed E-state index contributed by atoms with van der Waals surface area (Å²) in [6, 6.07) is 22.6. The van der Waals surface area contributed by atoms with Gasteiger partial charge in [-0.2, -0.15) is 4.31 Å². The Morgan fingerprint density at radius 1 is 0.975 bits per heavy atom. The van der Waals surface area contributed by atoms with Crippen LogP contribution >= 0.6 is 0 Å². The summed E-state index contributed by atoms with van der Waals surface area (Å²) in [6.07, 6.45) is 2.44. The molecule has 9 heteroatoms. The fourth-order valence-corrected chi connectivity index (χ4v) is 7.61. The van der Waals surface area contributed by atoms with Gasteiger partial charge in [0.2, 0.25) is 15.9 Å². The van der Waals surface area contributed by atoms with Crippen molar-refractivity contribution in [3.05, 3.63) is 78.4 Å². The van der Waals surface area contributed by atoms with Crippen LogP contribution < -0.4 is 0 Å².